The average molecular weight is 322 g/mol. The standard InChI is InChI=1S/C16H17Cl2N3/c17-14-2-1-3-15(16(14)18)21-10-8-20(9-11-21)12-13-4-6-19-7-5-13/h1-7H,8-12H2. The van der Waals surface area contributed by atoms with Crippen LogP contribution in [0.5, 0.6) is 0 Å². The Morgan fingerprint density at radius 3 is 2.38 bits per heavy atom. The second-order valence-electron chi connectivity index (χ2n) is 5.19. The largest absolute Gasteiger partial charge is 0.368 e. The van der Waals surface area contributed by atoms with Crippen molar-refractivity contribution in [3.63, 3.8) is 0 Å². The number of anilines is 1. The summed E-state index contributed by atoms with van der Waals surface area (Å²) in [5.41, 5.74) is 2.34. The van der Waals surface area contributed by atoms with Crippen LogP contribution in [0.25, 0.3) is 0 Å². The van der Waals surface area contributed by atoms with Gasteiger partial charge in [0.1, 0.15) is 0 Å². The summed E-state index contributed by atoms with van der Waals surface area (Å²) in [4.78, 5) is 8.81. The summed E-state index contributed by atoms with van der Waals surface area (Å²) in [5.74, 6) is 0. The maximum absolute atomic E-state index is 6.30. The number of halogens is 2. The van der Waals surface area contributed by atoms with Gasteiger partial charge in [0.05, 0.1) is 15.7 Å². The van der Waals surface area contributed by atoms with Crippen molar-refractivity contribution in [2.75, 3.05) is 31.1 Å². The molecule has 3 nitrogen and oxygen atoms in total. The van der Waals surface area contributed by atoms with Gasteiger partial charge in [-0.3, -0.25) is 9.88 Å². The minimum absolute atomic E-state index is 0.619. The molecule has 3 rings (SSSR count). The SMILES string of the molecule is Clc1cccc(N2CCN(Cc3ccncc3)CC2)c1Cl. The molecule has 0 N–H and O–H groups in total. The van der Waals surface area contributed by atoms with Gasteiger partial charge in [0.15, 0.2) is 0 Å². The lowest BCUT2D eigenvalue weighted by Crippen LogP contribution is -2.46. The first kappa shape index (κ1) is 14.6. The van der Waals surface area contributed by atoms with Gasteiger partial charge in [0, 0.05) is 45.1 Å². The van der Waals surface area contributed by atoms with Crippen LogP contribution in [0.3, 0.4) is 0 Å². The molecule has 2 aromatic rings. The van der Waals surface area contributed by atoms with E-state index >= 15 is 0 Å². The van der Waals surface area contributed by atoms with E-state index in [0.717, 1.165) is 38.4 Å². The highest BCUT2D eigenvalue weighted by Gasteiger charge is 2.19. The van der Waals surface area contributed by atoms with E-state index in [1.54, 1.807) is 0 Å². The first-order valence-electron chi connectivity index (χ1n) is 7.04. The molecule has 1 aliphatic heterocycles. The van der Waals surface area contributed by atoms with Crippen LogP contribution in [0, 0.1) is 0 Å². The van der Waals surface area contributed by atoms with Gasteiger partial charge >= 0.3 is 0 Å². The molecule has 2 heterocycles. The summed E-state index contributed by atoms with van der Waals surface area (Å²) in [5, 5.41) is 1.27. The highest BCUT2D eigenvalue weighted by atomic mass is 35.5. The number of piperazine rings is 1. The molecular weight excluding hydrogens is 305 g/mol. The van der Waals surface area contributed by atoms with Gasteiger partial charge in [-0.2, -0.15) is 0 Å². The lowest BCUT2D eigenvalue weighted by atomic mass is 10.2. The van der Waals surface area contributed by atoms with Crippen molar-refractivity contribution >= 4 is 28.9 Å². The molecule has 1 aliphatic rings. The van der Waals surface area contributed by atoms with Gasteiger partial charge in [-0.25, -0.2) is 0 Å². The molecular formula is C16H17Cl2N3. The van der Waals surface area contributed by atoms with Crippen LogP contribution in [0.15, 0.2) is 42.7 Å². The highest BCUT2D eigenvalue weighted by Crippen LogP contribution is 2.32. The molecule has 110 valence electrons. The van der Waals surface area contributed by atoms with Crippen LogP contribution >= 0.6 is 23.2 Å². The van der Waals surface area contributed by atoms with Gasteiger partial charge in [-0.15, -0.1) is 0 Å². The third-order valence-corrected chi connectivity index (χ3v) is 4.61. The third kappa shape index (κ3) is 3.49. The molecule has 0 amide bonds. The topological polar surface area (TPSA) is 19.4 Å². The monoisotopic (exact) mass is 321 g/mol. The smallest absolute Gasteiger partial charge is 0.0825 e. The van der Waals surface area contributed by atoms with E-state index in [1.165, 1.54) is 5.56 Å². The van der Waals surface area contributed by atoms with E-state index in [0.29, 0.717) is 10.0 Å². The summed E-state index contributed by atoms with van der Waals surface area (Å²) in [6.07, 6.45) is 3.69. The Bertz CT molecular complexity index is 596. The molecule has 0 saturated carbocycles. The number of pyridine rings is 1. The zero-order valence-electron chi connectivity index (χ0n) is 11.7. The quantitative estimate of drug-likeness (QED) is 0.859. The maximum Gasteiger partial charge on any atom is 0.0825 e. The molecule has 0 aliphatic carbocycles. The predicted octanol–water partition coefficient (Wildman–Crippen LogP) is 3.71. The van der Waals surface area contributed by atoms with Crippen LogP contribution in [0.2, 0.25) is 10.0 Å². The Morgan fingerprint density at radius 2 is 1.67 bits per heavy atom. The summed E-state index contributed by atoms with van der Waals surface area (Å²) in [7, 11) is 0. The molecule has 0 unspecified atom stereocenters. The van der Waals surface area contributed by atoms with E-state index in [-0.39, 0.29) is 0 Å². The molecule has 1 saturated heterocycles. The average Bonchev–Trinajstić information content (AvgIpc) is 2.52. The third-order valence-electron chi connectivity index (χ3n) is 3.80. The van der Waals surface area contributed by atoms with Gasteiger partial charge in [-0.05, 0) is 29.8 Å². The maximum atomic E-state index is 6.30. The van der Waals surface area contributed by atoms with E-state index < -0.39 is 0 Å². The van der Waals surface area contributed by atoms with Gasteiger partial charge in [0.25, 0.3) is 0 Å². The Hall–Kier alpha value is -1.29. The van der Waals surface area contributed by atoms with Crippen LogP contribution in [-0.2, 0) is 6.54 Å². The summed E-state index contributed by atoms with van der Waals surface area (Å²) < 4.78 is 0. The Morgan fingerprint density at radius 1 is 0.952 bits per heavy atom. The Kier molecular flexibility index (Phi) is 4.63. The fourth-order valence-corrected chi connectivity index (χ4v) is 3.04. The molecule has 21 heavy (non-hydrogen) atoms. The number of benzene rings is 1. The molecule has 1 aromatic carbocycles. The van der Waals surface area contributed by atoms with Crippen LogP contribution in [0.4, 0.5) is 5.69 Å². The van der Waals surface area contributed by atoms with Crippen molar-refractivity contribution in [1.29, 1.82) is 0 Å². The normalized spacial score (nSPS) is 16.2. The molecule has 5 heteroatoms. The molecule has 0 atom stereocenters. The van der Waals surface area contributed by atoms with Crippen molar-refractivity contribution in [3.8, 4) is 0 Å². The minimum Gasteiger partial charge on any atom is -0.368 e. The fraction of sp³-hybridized carbons (Fsp3) is 0.312. The first-order valence-corrected chi connectivity index (χ1v) is 7.80. The lowest BCUT2D eigenvalue weighted by molar-refractivity contribution is 0.250. The van der Waals surface area contributed by atoms with Gasteiger partial charge in [0.2, 0.25) is 0 Å². The molecule has 0 spiro atoms. The number of hydrogen-bond acceptors (Lipinski definition) is 3. The number of rotatable bonds is 3. The Labute approximate surface area is 135 Å². The van der Waals surface area contributed by atoms with Crippen LogP contribution < -0.4 is 4.90 Å². The van der Waals surface area contributed by atoms with E-state index in [4.69, 9.17) is 23.2 Å². The second kappa shape index (κ2) is 6.65. The lowest BCUT2D eigenvalue weighted by Gasteiger charge is -2.36. The van der Waals surface area contributed by atoms with Crippen molar-refractivity contribution in [3.05, 3.63) is 58.3 Å². The fourth-order valence-electron chi connectivity index (χ4n) is 2.63. The molecule has 0 bridgehead atoms. The van der Waals surface area contributed by atoms with Crippen molar-refractivity contribution in [1.82, 2.24) is 9.88 Å². The summed E-state index contributed by atoms with van der Waals surface area (Å²) in [6.45, 7) is 4.94. The van der Waals surface area contributed by atoms with Gasteiger partial charge < -0.3 is 4.90 Å². The number of aromatic nitrogens is 1. The number of hydrogen-bond donors (Lipinski definition) is 0. The highest BCUT2D eigenvalue weighted by molar-refractivity contribution is 6.43. The second-order valence-corrected chi connectivity index (χ2v) is 5.98. The van der Waals surface area contributed by atoms with Crippen molar-refractivity contribution in [2.45, 2.75) is 6.54 Å². The summed E-state index contributed by atoms with van der Waals surface area (Å²) in [6, 6.07) is 9.95. The van der Waals surface area contributed by atoms with Crippen LogP contribution in [-0.4, -0.2) is 36.1 Å². The first-order chi connectivity index (χ1) is 10.2. The van der Waals surface area contributed by atoms with Crippen LogP contribution in [0.1, 0.15) is 5.56 Å². The van der Waals surface area contributed by atoms with Gasteiger partial charge in [-0.1, -0.05) is 29.3 Å². The predicted molar refractivity (Wildman–Crippen MR) is 88.2 cm³/mol. The van der Waals surface area contributed by atoms with E-state index in [9.17, 15) is 0 Å². The molecule has 1 fully saturated rings. The van der Waals surface area contributed by atoms with Crippen molar-refractivity contribution in [2.24, 2.45) is 0 Å². The Balaban J connectivity index is 1.61. The molecule has 1 aromatic heterocycles. The zero-order chi connectivity index (χ0) is 14.7. The van der Waals surface area contributed by atoms with Crippen molar-refractivity contribution < 1.29 is 0 Å². The minimum atomic E-state index is 0.619. The van der Waals surface area contributed by atoms with E-state index in [2.05, 4.69) is 26.9 Å². The molecule has 0 radical (unpaired) electrons. The van der Waals surface area contributed by atoms with E-state index in [1.807, 2.05) is 30.6 Å². The zero-order valence-corrected chi connectivity index (χ0v) is 13.2. The summed E-state index contributed by atoms with van der Waals surface area (Å²) >= 11 is 12.4. The number of nitrogens with zero attached hydrogens (tertiary/aromatic N) is 3.